The van der Waals surface area contributed by atoms with E-state index in [2.05, 4.69) is 36.2 Å². The molecule has 2 unspecified atom stereocenters. The lowest BCUT2D eigenvalue weighted by atomic mass is 10.0. The largest absolute Gasteiger partial charge is 0.326 e. The molecule has 3 nitrogen and oxygen atoms in total. The Kier molecular flexibility index (Phi) is 4.29. The monoisotopic (exact) mass is 286 g/mol. The fourth-order valence-electron chi connectivity index (χ4n) is 3.63. The molecule has 2 aliphatic carbocycles. The second-order valence-electron chi connectivity index (χ2n) is 6.58. The lowest BCUT2D eigenvalue weighted by Crippen LogP contribution is -2.23. The summed E-state index contributed by atoms with van der Waals surface area (Å²) in [6.45, 7) is 7.42. The van der Waals surface area contributed by atoms with E-state index in [-0.39, 0.29) is 11.8 Å². The van der Waals surface area contributed by atoms with Crippen molar-refractivity contribution >= 4 is 11.6 Å². The molecule has 2 atom stereocenters. The van der Waals surface area contributed by atoms with Crippen LogP contribution in [0.25, 0.3) is 0 Å². The molecule has 2 aliphatic rings. The van der Waals surface area contributed by atoms with Crippen molar-refractivity contribution in [3.05, 3.63) is 29.8 Å². The SMILES string of the molecule is CCN(CC)Cc1cccc(NC(=O)C2CC3CC3C2)c1. The summed E-state index contributed by atoms with van der Waals surface area (Å²) in [5.41, 5.74) is 2.22. The molecule has 1 aromatic rings. The second-order valence-corrected chi connectivity index (χ2v) is 6.58. The van der Waals surface area contributed by atoms with Crippen LogP contribution in [0.2, 0.25) is 0 Å². The quantitative estimate of drug-likeness (QED) is 0.868. The van der Waals surface area contributed by atoms with Crippen LogP contribution < -0.4 is 5.32 Å². The van der Waals surface area contributed by atoms with Gasteiger partial charge in [0.1, 0.15) is 0 Å². The van der Waals surface area contributed by atoms with Crippen LogP contribution in [0.15, 0.2) is 24.3 Å². The van der Waals surface area contributed by atoms with Crippen LogP contribution in [-0.2, 0) is 11.3 Å². The van der Waals surface area contributed by atoms with Crippen LogP contribution in [0.4, 0.5) is 5.69 Å². The standard InChI is InChI=1S/C18H26N2O/c1-3-20(4-2)12-13-6-5-7-17(8-13)19-18(21)16-10-14-9-15(14)11-16/h5-8,14-16H,3-4,9-12H2,1-2H3,(H,19,21). The van der Waals surface area contributed by atoms with Crippen molar-refractivity contribution in [2.45, 2.75) is 39.7 Å². The molecule has 0 heterocycles. The Morgan fingerprint density at radius 2 is 1.90 bits per heavy atom. The highest BCUT2D eigenvalue weighted by Crippen LogP contribution is 2.54. The smallest absolute Gasteiger partial charge is 0.227 e. The van der Waals surface area contributed by atoms with Crippen molar-refractivity contribution < 1.29 is 4.79 Å². The number of nitrogens with zero attached hydrogens (tertiary/aromatic N) is 1. The van der Waals surface area contributed by atoms with Gasteiger partial charge in [-0.15, -0.1) is 0 Å². The highest BCUT2D eigenvalue weighted by atomic mass is 16.1. The Hall–Kier alpha value is -1.35. The average Bonchev–Trinajstić information content (AvgIpc) is 3.11. The molecule has 21 heavy (non-hydrogen) atoms. The average molecular weight is 286 g/mol. The Labute approximate surface area is 127 Å². The van der Waals surface area contributed by atoms with Crippen LogP contribution in [-0.4, -0.2) is 23.9 Å². The topological polar surface area (TPSA) is 32.3 Å². The van der Waals surface area contributed by atoms with Gasteiger partial charge in [-0.2, -0.15) is 0 Å². The summed E-state index contributed by atoms with van der Waals surface area (Å²) in [4.78, 5) is 14.7. The minimum atomic E-state index is 0.224. The first-order chi connectivity index (χ1) is 10.2. The van der Waals surface area contributed by atoms with Gasteiger partial charge in [0, 0.05) is 18.2 Å². The van der Waals surface area contributed by atoms with E-state index in [4.69, 9.17) is 0 Å². The number of amides is 1. The number of anilines is 1. The molecule has 0 radical (unpaired) electrons. The molecule has 0 spiro atoms. The van der Waals surface area contributed by atoms with E-state index in [1.165, 1.54) is 12.0 Å². The van der Waals surface area contributed by atoms with Crippen LogP contribution in [0.3, 0.4) is 0 Å². The molecule has 2 saturated carbocycles. The highest BCUT2D eigenvalue weighted by molar-refractivity contribution is 5.92. The summed E-state index contributed by atoms with van der Waals surface area (Å²) in [7, 11) is 0. The van der Waals surface area contributed by atoms with Crippen molar-refractivity contribution in [2.24, 2.45) is 17.8 Å². The lowest BCUT2D eigenvalue weighted by molar-refractivity contribution is -0.120. The minimum absolute atomic E-state index is 0.224. The zero-order chi connectivity index (χ0) is 14.8. The first kappa shape index (κ1) is 14.6. The zero-order valence-electron chi connectivity index (χ0n) is 13.1. The summed E-state index contributed by atoms with van der Waals surface area (Å²) < 4.78 is 0. The molecule has 1 aromatic carbocycles. The number of fused-ring (bicyclic) bond motifs is 1. The van der Waals surface area contributed by atoms with Gasteiger partial charge in [0.05, 0.1) is 0 Å². The number of nitrogens with one attached hydrogen (secondary N) is 1. The van der Waals surface area contributed by atoms with Gasteiger partial charge in [-0.05, 0) is 61.9 Å². The van der Waals surface area contributed by atoms with Crippen LogP contribution >= 0.6 is 0 Å². The fourth-order valence-corrected chi connectivity index (χ4v) is 3.63. The molecule has 3 rings (SSSR count). The second kappa shape index (κ2) is 6.18. The van der Waals surface area contributed by atoms with E-state index in [0.717, 1.165) is 50.0 Å². The van der Waals surface area contributed by atoms with Crippen molar-refractivity contribution in [1.29, 1.82) is 0 Å². The Morgan fingerprint density at radius 3 is 2.57 bits per heavy atom. The molecule has 3 heteroatoms. The van der Waals surface area contributed by atoms with Crippen molar-refractivity contribution in [1.82, 2.24) is 4.90 Å². The van der Waals surface area contributed by atoms with E-state index in [9.17, 15) is 4.79 Å². The summed E-state index contributed by atoms with van der Waals surface area (Å²) >= 11 is 0. The van der Waals surface area contributed by atoms with Crippen molar-refractivity contribution in [3.63, 3.8) is 0 Å². The van der Waals surface area contributed by atoms with Gasteiger partial charge in [0.15, 0.2) is 0 Å². The molecule has 1 amide bonds. The molecule has 1 N–H and O–H groups in total. The number of benzene rings is 1. The maximum absolute atomic E-state index is 12.3. The third kappa shape index (κ3) is 3.46. The van der Waals surface area contributed by atoms with Gasteiger partial charge in [-0.3, -0.25) is 9.69 Å². The van der Waals surface area contributed by atoms with E-state index in [1.54, 1.807) is 0 Å². The summed E-state index contributed by atoms with van der Waals surface area (Å²) in [6.07, 6.45) is 3.58. The molecule has 0 bridgehead atoms. The molecular formula is C18H26N2O. The van der Waals surface area contributed by atoms with Crippen molar-refractivity contribution in [2.75, 3.05) is 18.4 Å². The normalized spacial score (nSPS) is 26.7. The molecule has 2 fully saturated rings. The van der Waals surface area contributed by atoms with Crippen LogP contribution in [0, 0.1) is 17.8 Å². The predicted octanol–water partition coefficient (Wildman–Crippen LogP) is 3.51. The van der Waals surface area contributed by atoms with E-state index in [1.807, 2.05) is 12.1 Å². The number of carbonyl (C=O) groups is 1. The third-order valence-corrected chi connectivity index (χ3v) is 5.11. The first-order valence-electron chi connectivity index (χ1n) is 8.31. The maximum Gasteiger partial charge on any atom is 0.227 e. The predicted molar refractivity (Wildman–Crippen MR) is 86.0 cm³/mol. The summed E-state index contributed by atoms with van der Waals surface area (Å²) in [6, 6.07) is 8.30. The van der Waals surface area contributed by atoms with Crippen molar-refractivity contribution in [3.8, 4) is 0 Å². The molecule has 0 aliphatic heterocycles. The number of rotatable bonds is 6. The Balaban J connectivity index is 1.58. The zero-order valence-corrected chi connectivity index (χ0v) is 13.1. The highest BCUT2D eigenvalue weighted by Gasteiger charge is 2.47. The van der Waals surface area contributed by atoms with E-state index in [0.29, 0.717) is 0 Å². The van der Waals surface area contributed by atoms with Gasteiger partial charge in [0.2, 0.25) is 5.91 Å². The van der Waals surface area contributed by atoms with Gasteiger partial charge < -0.3 is 5.32 Å². The number of hydrogen-bond donors (Lipinski definition) is 1. The molecular weight excluding hydrogens is 260 g/mol. The molecule has 114 valence electrons. The lowest BCUT2D eigenvalue weighted by Gasteiger charge is -2.19. The third-order valence-electron chi connectivity index (χ3n) is 5.11. The Bertz CT molecular complexity index is 500. The number of carbonyl (C=O) groups excluding carboxylic acids is 1. The van der Waals surface area contributed by atoms with Gasteiger partial charge in [-0.25, -0.2) is 0 Å². The number of hydrogen-bond acceptors (Lipinski definition) is 2. The Morgan fingerprint density at radius 1 is 1.19 bits per heavy atom. The van der Waals surface area contributed by atoms with Crippen LogP contribution in [0.1, 0.15) is 38.7 Å². The maximum atomic E-state index is 12.3. The first-order valence-corrected chi connectivity index (χ1v) is 8.31. The van der Waals surface area contributed by atoms with Gasteiger partial charge >= 0.3 is 0 Å². The molecule has 0 saturated heterocycles. The van der Waals surface area contributed by atoms with Gasteiger partial charge in [0.25, 0.3) is 0 Å². The minimum Gasteiger partial charge on any atom is -0.326 e. The summed E-state index contributed by atoms with van der Waals surface area (Å²) in [5.74, 6) is 2.19. The van der Waals surface area contributed by atoms with Gasteiger partial charge in [-0.1, -0.05) is 26.0 Å². The van der Waals surface area contributed by atoms with Crippen LogP contribution in [0.5, 0.6) is 0 Å². The fraction of sp³-hybridized carbons (Fsp3) is 0.611. The summed E-state index contributed by atoms with van der Waals surface area (Å²) in [5, 5.41) is 3.12. The molecule has 0 aromatic heterocycles. The van der Waals surface area contributed by atoms with E-state index < -0.39 is 0 Å². The van der Waals surface area contributed by atoms with E-state index >= 15 is 0 Å².